The van der Waals surface area contributed by atoms with Crippen molar-refractivity contribution in [3.8, 4) is 0 Å². The first-order valence-corrected chi connectivity index (χ1v) is 8.36. The summed E-state index contributed by atoms with van der Waals surface area (Å²) >= 11 is 0. The van der Waals surface area contributed by atoms with Gasteiger partial charge in [-0.1, -0.05) is 0 Å². The van der Waals surface area contributed by atoms with Gasteiger partial charge in [0.15, 0.2) is 0 Å². The van der Waals surface area contributed by atoms with Crippen molar-refractivity contribution < 1.29 is 23.8 Å². The largest absolute Gasteiger partial charge is 0.469 e. The molecular weight excluding hydrogens is 298 g/mol. The van der Waals surface area contributed by atoms with Crippen LogP contribution in [-0.4, -0.2) is 56.0 Å². The quantitative estimate of drug-likeness (QED) is 0.553. The summed E-state index contributed by atoms with van der Waals surface area (Å²) in [5.41, 5.74) is -0.472. The van der Waals surface area contributed by atoms with Crippen LogP contribution in [0.3, 0.4) is 0 Å². The van der Waals surface area contributed by atoms with E-state index in [-0.39, 0.29) is 24.1 Å². The molecule has 1 saturated carbocycles. The Morgan fingerprint density at radius 1 is 1.13 bits per heavy atom. The zero-order valence-corrected chi connectivity index (χ0v) is 15.1. The predicted octanol–water partition coefficient (Wildman–Crippen LogP) is 2.99. The van der Waals surface area contributed by atoms with Crippen LogP contribution >= 0.6 is 0 Å². The molecule has 134 valence electrons. The van der Waals surface area contributed by atoms with E-state index in [1.807, 2.05) is 20.8 Å². The molecule has 6 nitrogen and oxygen atoms in total. The van der Waals surface area contributed by atoms with Gasteiger partial charge in [-0.25, -0.2) is 4.79 Å². The smallest absolute Gasteiger partial charge is 0.410 e. The molecular formula is C17H31NO5. The first-order valence-electron chi connectivity index (χ1n) is 8.36. The third-order valence-corrected chi connectivity index (χ3v) is 3.91. The molecule has 0 bridgehead atoms. The highest BCUT2D eigenvalue weighted by Gasteiger charge is 2.27. The normalized spacial score (nSPS) is 21.6. The molecule has 0 heterocycles. The zero-order chi connectivity index (χ0) is 17.5. The van der Waals surface area contributed by atoms with E-state index in [0.717, 1.165) is 32.1 Å². The fourth-order valence-corrected chi connectivity index (χ4v) is 2.61. The van der Waals surface area contributed by atoms with Crippen molar-refractivity contribution in [3.63, 3.8) is 0 Å². The van der Waals surface area contributed by atoms with Crippen LogP contribution in [0.4, 0.5) is 4.79 Å². The average molecular weight is 329 g/mol. The Balaban J connectivity index is 2.14. The molecule has 0 unspecified atom stereocenters. The first-order chi connectivity index (χ1) is 10.7. The van der Waals surface area contributed by atoms with Gasteiger partial charge in [0.25, 0.3) is 0 Å². The fraction of sp³-hybridized carbons (Fsp3) is 0.882. The number of ether oxygens (including phenoxy) is 3. The number of carbonyl (C=O) groups is 2. The Morgan fingerprint density at radius 3 is 2.26 bits per heavy atom. The molecule has 1 rings (SSSR count). The molecule has 0 aromatic rings. The van der Waals surface area contributed by atoms with E-state index >= 15 is 0 Å². The molecule has 1 fully saturated rings. The summed E-state index contributed by atoms with van der Waals surface area (Å²) in [4.78, 5) is 24.8. The highest BCUT2D eigenvalue weighted by molar-refractivity contribution is 5.72. The topological polar surface area (TPSA) is 65.1 Å². The summed E-state index contributed by atoms with van der Waals surface area (Å²) in [5.74, 6) is -0.0828. The van der Waals surface area contributed by atoms with Crippen molar-refractivity contribution in [1.29, 1.82) is 0 Å². The molecule has 6 heteroatoms. The summed E-state index contributed by atoms with van der Waals surface area (Å²) in [6.45, 7) is 6.78. The van der Waals surface area contributed by atoms with Gasteiger partial charge < -0.3 is 19.1 Å². The molecule has 23 heavy (non-hydrogen) atoms. The second-order valence-corrected chi connectivity index (χ2v) is 7.12. The fourth-order valence-electron chi connectivity index (χ4n) is 2.61. The Morgan fingerprint density at radius 2 is 1.74 bits per heavy atom. The second kappa shape index (κ2) is 9.11. The highest BCUT2D eigenvalue weighted by atomic mass is 16.6. The maximum Gasteiger partial charge on any atom is 0.410 e. The summed E-state index contributed by atoms with van der Waals surface area (Å²) in [6.07, 6.45) is 4.11. The summed E-state index contributed by atoms with van der Waals surface area (Å²) in [6, 6.07) is 0. The third-order valence-electron chi connectivity index (χ3n) is 3.91. The molecule has 1 amide bonds. The van der Waals surface area contributed by atoms with Crippen molar-refractivity contribution in [3.05, 3.63) is 0 Å². The summed E-state index contributed by atoms with van der Waals surface area (Å²) in [7, 11) is 3.17. The van der Waals surface area contributed by atoms with Crippen molar-refractivity contribution in [2.24, 2.45) is 5.92 Å². The Bertz CT molecular complexity index is 383. The van der Waals surface area contributed by atoms with E-state index in [1.165, 1.54) is 7.11 Å². The molecule has 1 aliphatic carbocycles. The Labute approximate surface area is 139 Å². The van der Waals surface area contributed by atoms with Crippen molar-refractivity contribution in [2.45, 2.75) is 64.6 Å². The third kappa shape index (κ3) is 7.68. The van der Waals surface area contributed by atoms with E-state index in [9.17, 15) is 9.59 Å². The number of hydrogen-bond donors (Lipinski definition) is 0. The highest BCUT2D eigenvalue weighted by Crippen LogP contribution is 2.27. The van der Waals surface area contributed by atoms with Gasteiger partial charge in [-0.05, 0) is 52.9 Å². The zero-order valence-electron chi connectivity index (χ0n) is 15.1. The number of hydrogen-bond acceptors (Lipinski definition) is 5. The van der Waals surface area contributed by atoms with Gasteiger partial charge in [0.1, 0.15) is 5.60 Å². The van der Waals surface area contributed by atoms with E-state index in [2.05, 4.69) is 0 Å². The Kier molecular flexibility index (Phi) is 7.82. The van der Waals surface area contributed by atoms with Crippen LogP contribution in [0.25, 0.3) is 0 Å². The molecule has 0 aromatic carbocycles. The molecule has 0 aromatic heterocycles. The maximum atomic E-state index is 11.8. The van der Waals surface area contributed by atoms with Gasteiger partial charge in [0, 0.05) is 20.2 Å². The van der Waals surface area contributed by atoms with E-state index in [1.54, 1.807) is 11.9 Å². The lowest BCUT2D eigenvalue weighted by Gasteiger charge is -2.27. The number of carbonyl (C=O) groups excluding carboxylic acids is 2. The van der Waals surface area contributed by atoms with Crippen LogP contribution in [0.15, 0.2) is 0 Å². The van der Waals surface area contributed by atoms with Crippen LogP contribution in [0.2, 0.25) is 0 Å². The minimum atomic E-state index is -0.472. The van der Waals surface area contributed by atoms with E-state index in [4.69, 9.17) is 14.2 Å². The van der Waals surface area contributed by atoms with Gasteiger partial charge in [0.05, 0.1) is 19.1 Å². The monoisotopic (exact) mass is 329 g/mol. The molecule has 0 saturated heterocycles. The van der Waals surface area contributed by atoms with Crippen molar-refractivity contribution in [2.75, 3.05) is 27.3 Å². The van der Waals surface area contributed by atoms with Crippen LogP contribution in [0, 0.1) is 5.92 Å². The predicted molar refractivity (Wildman–Crippen MR) is 87.2 cm³/mol. The minimum absolute atomic E-state index is 0.0261. The molecule has 0 radical (unpaired) electrons. The standard InChI is InChI=1S/C17H31NO5/c1-17(2,3)23-16(20)18(4)11-6-12-22-14-9-7-13(8-10-14)15(19)21-5/h13-14H,6-12H2,1-5H3. The van der Waals surface area contributed by atoms with Gasteiger partial charge in [0.2, 0.25) is 0 Å². The number of methoxy groups -OCH3 is 1. The summed E-state index contributed by atoms with van der Waals surface area (Å²) < 4.78 is 15.9. The van der Waals surface area contributed by atoms with Gasteiger partial charge in [-0.2, -0.15) is 0 Å². The van der Waals surface area contributed by atoms with Gasteiger partial charge in [-0.15, -0.1) is 0 Å². The lowest BCUT2D eigenvalue weighted by molar-refractivity contribution is -0.147. The van der Waals surface area contributed by atoms with Crippen LogP contribution in [0.5, 0.6) is 0 Å². The Hall–Kier alpha value is -1.30. The lowest BCUT2D eigenvalue weighted by atomic mass is 9.87. The molecule has 0 N–H and O–H groups in total. The number of amides is 1. The first kappa shape index (κ1) is 19.7. The molecule has 1 aliphatic rings. The summed E-state index contributed by atoms with van der Waals surface area (Å²) in [5, 5.41) is 0. The van der Waals surface area contributed by atoms with Crippen LogP contribution in [0.1, 0.15) is 52.9 Å². The van der Waals surface area contributed by atoms with Crippen molar-refractivity contribution >= 4 is 12.1 Å². The lowest BCUT2D eigenvalue weighted by Crippen LogP contribution is -2.35. The molecule has 0 atom stereocenters. The van der Waals surface area contributed by atoms with Crippen molar-refractivity contribution in [1.82, 2.24) is 4.90 Å². The van der Waals surface area contributed by atoms with Gasteiger partial charge in [-0.3, -0.25) is 4.79 Å². The molecule has 0 spiro atoms. The van der Waals surface area contributed by atoms with Gasteiger partial charge >= 0.3 is 12.1 Å². The number of esters is 1. The molecule has 0 aliphatic heterocycles. The maximum absolute atomic E-state index is 11.8. The SMILES string of the molecule is COC(=O)C1CCC(OCCCN(C)C(=O)OC(C)(C)C)CC1. The van der Waals surface area contributed by atoms with Crippen LogP contribution < -0.4 is 0 Å². The van der Waals surface area contributed by atoms with E-state index < -0.39 is 5.60 Å². The van der Waals surface area contributed by atoms with E-state index in [0.29, 0.717) is 13.2 Å². The number of rotatable bonds is 6. The minimum Gasteiger partial charge on any atom is -0.469 e. The number of nitrogens with zero attached hydrogens (tertiary/aromatic N) is 1. The van der Waals surface area contributed by atoms with Crippen LogP contribution in [-0.2, 0) is 19.0 Å². The average Bonchev–Trinajstić information content (AvgIpc) is 2.49. The second-order valence-electron chi connectivity index (χ2n) is 7.12.